The van der Waals surface area contributed by atoms with Crippen LogP contribution in [0.4, 0.5) is 0 Å². The fourth-order valence-electron chi connectivity index (χ4n) is 1.38. The van der Waals surface area contributed by atoms with Gasteiger partial charge in [-0.25, -0.2) is 0 Å². The summed E-state index contributed by atoms with van der Waals surface area (Å²) in [6.45, 7) is 5.92. The molecule has 0 saturated heterocycles. The third-order valence-corrected chi connectivity index (χ3v) is 3.25. The molecule has 0 fully saturated rings. The van der Waals surface area contributed by atoms with Crippen LogP contribution in [0.1, 0.15) is 36.9 Å². The molecule has 1 rings (SSSR count). The van der Waals surface area contributed by atoms with Gasteiger partial charge in [0.15, 0.2) is 0 Å². The van der Waals surface area contributed by atoms with E-state index in [0.29, 0.717) is 11.4 Å². The van der Waals surface area contributed by atoms with Gasteiger partial charge >= 0.3 is 0 Å². The van der Waals surface area contributed by atoms with Gasteiger partial charge in [0.05, 0.1) is 11.8 Å². The highest BCUT2D eigenvalue weighted by Gasteiger charge is 2.18. The van der Waals surface area contributed by atoms with Crippen LogP contribution in [0, 0.1) is 5.92 Å². The molecule has 0 saturated carbocycles. The highest BCUT2D eigenvalue weighted by molar-refractivity contribution is 6.18. The lowest BCUT2D eigenvalue weighted by Gasteiger charge is -2.18. The zero-order valence-electron chi connectivity index (χ0n) is 9.92. The number of alkyl halides is 1. The molecule has 4 heteroatoms. The third kappa shape index (κ3) is 3.01. The van der Waals surface area contributed by atoms with Crippen molar-refractivity contribution in [2.45, 2.75) is 33.2 Å². The van der Waals surface area contributed by atoms with Crippen molar-refractivity contribution >= 4 is 17.5 Å². The Kier molecular flexibility index (Phi) is 4.87. The lowest BCUT2D eigenvalue weighted by molar-refractivity contribution is 0.0929. The molecular formula is C12H18ClNO2. The highest BCUT2D eigenvalue weighted by atomic mass is 35.5. The second-order valence-electron chi connectivity index (χ2n) is 4.00. The molecule has 1 amide bonds. The summed E-state index contributed by atoms with van der Waals surface area (Å²) in [7, 11) is 0. The average molecular weight is 244 g/mol. The zero-order chi connectivity index (χ0) is 12.1. The summed E-state index contributed by atoms with van der Waals surface area (Å²) in [5, 5.41) is 2.92. The molecule has 0 aliphatic heterocycles. The van der Waals surface area contributed by atoms with Crippen LogP contribution in [0.3, 0.4) is 0 Å². The van der Waals surface area contributed by atoms with Crippen molar-refractivity contribution in [3.63, 3.8) is 0 Å². The van der Waals surface area contributed by atoms with Gasteiger partial charge in [-0.2, -0.15) is 0 Å². The van der Waals surface area contributed by atoms with Crippen molar-refractivity contribution in [1.29, 1.82) is 0 Å². The van der Waals surface area contributed by atoms with Crippen LogP contribution in [0.15, 0.2) is 16.7 Å². The van der Waals surface area contributed by atoms with E-state index in [4.69, 9.17) is 16.0 Å². The summed E-state index contributed by atoms with van der Waals surface area (Å²) < 4.78 is 5.22. The molecule has 1 aromatic heterocycles. The summed E-state index contributed by atoms with van der Waals surface area (Å²) in [5.41, 5.74) is 0.621. The maximum Gasteiger partial charge on any atom is 0.255 e. The SMILES string of the molecule is CCc1occc1C(=O)NC(C)C(C)CCl. The van der Waals surface area contributed by atoms with E-state index in [1.807, 2.05) is 20.8 Å². The number of halogens is 1. The van der Waals surface area contributed by atoms with Crippen LogP contribution in [-0.2, 0) is 6.42 Å². The Morgan fingerprint density at radius 1 is 1.56 bits per heavy atom. The topological polar surface area (TPSA) is 42.2 Å². The number of hydrogen-bond acceptors (Lipinski definition) is 2. The van der Waals surface area contributed by atoms with E-state index >= 15 is 0 Å². The molecule has 2 atom stereocenters. The van der Waals surface area contributed by atoms with E-state index in [1.54, 1.807) is 12.3 Å². The molecule has 0 spiro atoms. The Bertz CT molecular complexity index is 349. The number of furan rings is 1. The molecule has 3 nitrogen and oxygen atoms in total. The molecule has 0 aliphatic carbocycles. The van der Waals surface area contributed by atoms with E-state index in [9.17, 15) is 4.79 Å². The minimum absolute atomic E-state index is 0.0598. The summed E-state index contributed by atoms with van der Waals surface area (Å²) in [4.78, 5) is 11.9. The van der Waals surface area contributed by atoms with Crippen molar-refractivity contribution < 1.29 is 9.21 Å². The standard InChI is InChI=1S/C12H18ClNO2/c1-4-11-10(5-6-16-11)12(15)14-9(3)8(2)7-13/h5-6,8-9H,4,7H2,1-3H3,(H,14,15). The number of rotatable bonds is 5. The summed E-state index contributed by atoms with van der Waals surface area (Å²) >= 11 is 5.74. The average Bonchev–Trinajstić information content (AvgIpc) is 2.75. The Hall–Kier alpha value is -0.960. The summed E-state index contributed by atoms with van der Waals surface area (Å²) in [6, 6.07) is 1.76. The number of aryl methyl sites for hydroxylation is 1. The van der Waals surface area contributed by atoms with Gasteiger partial charge in [-0.1, -0.05) is 13.8 Å². The Morgan fingerprint density at radius 3 is 2.81 bits per heavy atom. The fraction of sp³-hybridized carbons (Fsp3) is 0.583. The van der Waals surface area contributed by atoms with Crippen molar-refractivity contribution in [2.75, 3.05) is 5.88 Å². The molecule has 16 heavy (non-hydrogen) atoms. The van der Waals surface area contributed by atoms with E-state index < -0.39 is 0 Å². The summed E-state index contributed by atoms with van der Waals surface area (Å²) in [6.07, 6.45) is 2.26. The molecule has 0 aromatic carbocycles. The smallest absolute Gasteiger partial charge is 0.255 e. The zero-order valence-corrected chi connectivity index (χ0v) is 10.7. The lowest BCUT2D eigenvalue weighted by atomic mass is 10.1. The van der Waals surface area contributed by atoms with Crippen molar-refractivity contribution in [2.24, 2.45) is 5.92 Å². The predicted octanol–water partition coefficient (Wildman–Crippen LogP) is 2.84. The largest absolute Gasteiger partial charge is 0.469 e. The quantitative estimate of drug-likeness (QED) is 0.808. The first-order chi connectivity index (χ1) is 7.60. The number of carbonyl (C=O) groups is 1. The molecule has 1 N–H and O–H groups in total. The molecule has 1 heterocycles. The molecule has 1 aromatic rings. The number of carbonyl (C=O) groups excluding carboxylic acids is 1. The Balaban J connectivity index is 2.65. The molecule has 90 valence electrons. The first-order valence-electron chi connectivity index (χ1n) is 5.53. The van der Waals surface area contributed by atoms with Crippen LogP contribution in [0.2, 0.25) is 0 Å². The Morgan fingerprint density at radius 2 is 2.25 bits per heavy atom. The van der Waals surface area contributed by atoms with Crippen molar-refractivity contribution in [1.82, 2.24) is 5.32 Å². The van der Waals surface area contributed by atoms with Crippen molar-refractivity contribution in [3.05, 3.63) is 23.7 Å². The van der Waals surface area contributed by atoms with Crippen LogP contribution in [0.25, 0.3) is 0 Å². The molecular weight excluding hydrogens is 226 g/mol. The lowest BCUT2D eigenvalue weighted by Crippen LogP contribution is -2.37. The number of nitrogens with one attached hydrogen (secondary N) is 1. The molecule has 2 unspecified atom stereocenters. The second-order valence-corrected chi connectivity index (χ2v) is 4.31. The molecule has 0 aliphatic rings. The van der Waals surface area contributed by atoms with Gasteiger partial charge in [0.1, 0.15) is 5.76 Å². The Labute approximate surface area is 101 Å². The van der Waals surface area contributed by atoms with E-state index in [2.05, 4.69) is 5.32 Å². The van der Waals surface area contributed by atoms with Gasteiger partial charge in [-0.15, -0.1) is 11.6 Å². The van der Waals surface area contributed by atoms with Gasteiger partial charge < -0.3 is 9.73 Å². The number of amides is 1. The highest BCUT2D eigenvalue weighted by Crippen LogP contribution is 2.12. The maximum atomic E-state index is 11.9. The summed E-state index contributed by atoms with van der Waals surface area (Å²) in [5.74, 6) is 1.42. The van der Waals surface area contributed by atoms with Crippen LogP contribution in [0.5, 0.6) is 0 Å². The minimum atomic E-state index is -0.0879. The first kappa shape index (κ1) is 13.1. The van der Waals surface area contributed by atoms with Gasteiger partial charge in [0.25, 0.3) is 5.91 Å². The van der Waals surface area contributed by atoms with Crippen molar-refractivity contribution in [3.8, 4) is 0 Å². The van der Waals surface area contributed by atoms with Crippen LogP contribution < -0.4 is 5.32 Å². The normalized spacial score (nSPS) is 14.5. The number of hydrogen-bond donors (Lipinski definition) is 1. The fourth-order valence-corrected chi connectivity index (χ4v) is 1.64. The first-order valence-corrected chi connectivity index (χ1v) is 6.06. The maximum absolute atomic E-state index is 11.9. The minimum Gasteiger partial charge on any atom is -0.469 e. The van der Waals surface area contributed by atoms with E-state index in [1.165, 1.54) is 0 Å². The second kappa shape index (κ2) is 5.94. The van der Waals surface area contributed by atoms with Gasteiger partial charge in [0, 0.05) is 18.3 Å². The third-order valence-electron chi connectivity index (χ3n) is 2.77. The van der Waals surface area contributed by atoms with Gasteiger partial charge in [0.2, 0.25) is 0 Å². The monoisotopic (exact) mass is 243 g/mol. The van der Waals surface area contributed by atoms with E-state index in [-0.39, 0.29) is 17.9 Å². The predicted molar refractivity (Wildman–Crippen MR) is 64.9 cm³/mol. The van der Waals surface area contributed by atoms with E-state index in [0.717, 1.165) is 12.2 Å². The molecule has 0 radical (unpaired) electrons. The molecule has 0 bridgehead atoms. The van der Waals surface area contributed by atoms with Gasteiger partial charge in [-0.05, 0) is 18.9 Å². The van der Waals surface area contributed by atoms with Crippen LogP contribution >= 0.6 is 11.6 Å². The van der Waals surface area contributed by atoms with Crippen LogP contribution in [-0.4, -0.2) is 17.8 Å². The van der Waals surface area contributed by atoms with Gasteiger partial charge in [-0.3, -0.25) is 4.79 Å².